The number of Topliss-reactive ketones (excluding diaryl/α,β-unsaturated/α-hetero) is 1. The first-order valence-electron chi connectivity index (χ1n) is 6.45. The van der Waals surface area contributed by atoms with Gasteiger partial charge in [0.2, 0.25) is 0 Å². The first-order chi connectivity index (χ1) is 9.26. The number of aliphatic hydroxyl groups is 1. The molecule has 20 heavy (non-hydrogen) atoms. The molecular weight excluding hydrogens is 278 g/mol. The van der Waals surface area contributed by atoms with Crippen molar-refractivity contribution in [1.29, 1.82) is 0 Å². The summed E-state index contributed by atoms with van der Waals surface area (Å²) in [6, 6.07) is -0.981. The minimum absolute atomic E-state index is 0.0167. The minimum atomic E-state index is -1.26. The van der Waals surface area contributed by atoms with Crippen LogP contribution < -0.4 is 5.11 Å². The van der Waals surface area contributed by atoms with E-state index in [1.54, 1.807) is 0 Å². The molecule has 1 aliphatic carbocycles. The van der Waals surface area contributed by atoms with Gasteiger partial charge in [0.15, 0.2) is 5.78 Å². The number of aliphatic imine (C=N–C) groups is 1. The Balaban J connectivity index is 2.86. The van der Waals surface area contributed by atoms with Crippen molar-refractivity contribution in [2.45, 2.75) is 39.2 Å². The van der Waals surface area contributed by atoms with Crippen molar-refractivity contribution < 1.29 is 19.8 Å². The molecule has 0 bridgehead atoms. The Morgan fingerprint density at radius 1 is 1.55 bits per heavy atom. The Morgan fingerprint density at radius 3 is 2.70 bits per heavy atom. The topological polar surface area (TPSA) is 89.8 Å². The summed E-state index contributed by atoms with van der Waals surface area (Å²) < 4.78 is 0. The van der Waals surface area contributed by atoms with Gasteiger partial charge in [0.1, 0.15) is 5.76 Å². The number of ketones is 1. The van der Waals surface area contributed by atoms with Crippen molar-refractivity contribution in [3.63, 3.8) is 0 Å². The van der Waals surface area contributed by atoms with Crippen molar-refractivity contribution >= 4 is 29.7 Å². The van der Waals surface area contributed by atoms with Gasteiger partial charge in [0.05, 0.1) is 17.6 Å². The molecule has 0 aliphatic heterocycles. The van der Waals surface area contributed by atoms with Crippen LogP contribution in [0.2, 0.25) is 0 Å². The number of thioether (sulfide) groups is 1. The molecule has 0 amide bonds. The molecule has 1 aliphatic rings. The van der Waals surface area contributed by atoms with Gasteiger partial charge in [-0.05, 0) is 23.8 Å². The summed E-state index contributed by atoms with van der Waals surface area (Å²) in [6.07, 6.45) is 4.11. The lowest BCUT2D eigenvalue weighted by Gasteiger charge is -2.28. The number of hydrogen-bond acceptors (Lipinski definition) is 6. The highest BCUT2D eigenvalue weighted by Gasteiger charge is 2.32. The highest BCUT2D eigenvalue weighted by Crippen LogP contribution is 2.35. The zero-order chi connectivity index (χ0) is 15.3. The molecule has 0 radical (unpaired) electrons. The lowest BCUT2D eigenvalue weighted by molar-refractivity contribution is -0.307. The van der Waals surface area contributed by atoms with Crippen LogP contribution in [0.5, 0.6) is 0 Å². The summed E-state index contributed by atoms with van der Waals surface area (Å²) in [5.41, 5.74) is -0.148. The zero-order valence-electron chi connectivity index (χ0n) is 12.0. The average molecular weight is 298 g/mol. The van der Waals surface area contributed by atoms with Crippen molar-refractivity contribution in [3.05, 3.63) is 11.3 Å². The van der Waals surface area contributed by atoms with Crippen LogP contribution in [0, 0.1) is 5.41 Å². The molecule has 0 spiro atoms. The van der Waals surface area contributed by atoms with Crippen LogP contribution in [0.15, 0.2) is 16.3 Å². The van der Waals surface area contributed by atoms with Gasteiger partial charge in [-0.3, -0.25) is 9.79 Å². The number of carboxylic acid groups (broad SMARTS) is 1. The van der Waals surface area contributed by atoms with Crippen LogP contribution in [0.25, 0.3) is 0 Å². The lowest BCUT2D eigenvalue weighted by atomic mass is 9.77. The van der Waals surface area contributed by atoms with Crippen LogP contribution in [0.4, 0.5) is 0 Å². The highest BCUT2D eigenvalue weighted by atomic mass is 32.2. The van der Waals surface area contributed by atoms with Crippen molar-refractivity contribution in [1.82, 2.24) is 0 Å². The molecule has 0 aromatic rings. The summed E-state index contributed by atoms with van der Waals surface area (Å²) >= 11 is 1.52. The smallest absolute Gasteiger partial charge is 0.168 e. The molecule has 0 fully saturated rings. The molecule has 0 aromatic carbocycles. The largest absolute Gasteiger partial charge is 0.548 e. The van der Waals surface area contributed by atoms with E-state index in [2.05, 4.69) is 4.99 Å². The van der Waals surface area contributed by atoms with E-state index < -0.39 is 12.0 Å². The molecule has 0 aromatic heterocycles. The van der Waals surface area contributed by atoms with Gasteiger partial charge in [-0.25, -0.2) is 0 Å². The molecule has 112 valence electrons. The van der Waals surface area contributed by atoms with E-state index >= 15 is 0 Å². The van der Waals surface area contributed by atoms with Gasteiger partial charge in [0.25, 0.3) is 0 Å². The number of aliphatic hydroxyl groups excluding tert-OH is 1. The Hall–Kier alpha value is -1.30. The Kier molecular flexibility index (Phi) is 5.80. The third-order valence-corrected chi connectivity index (χ3v) is 3.79. The molecule has 1 atom stereocenters. The second-order valence-corrected chi connectivity index (χ2v) is 6.68. The first kappa shape index (κ1) is 16.8. The molecule has 1 rings (SSSR count). The quantitative estimate of drug-likeness (QED) is 0.742. The maximum atomic E-state index is 11.9. The standard InChI is InChI=1S/C14H21NO4S/c1-14(2)6-11(16)9(12(17)7-14)8-15-10(13(18)19)4-5-20-3/h8,10,16H,4-7H2,1-3H3,(H,18,19)/p-1/t10-/m1/s1. The van der Waals surface area contributed by atoms with Crippen LogP contribution >= 0.6 is 11.8 Å². The highest BCUT2D eigenvalue weighted by molar-refractivity contribution is 7.98. The minimum Gasteiger partial charge on any atom is -0.548 e. The van der Waals surface area contributed by atoms with Gasteiger partial charge < -0.3 is 15.0 Å². The van der Waals surface area contributed by atoms with Gasteiger partial charge >= 0.3 is 0 Å². The van der Waals surface area contributed by atoms with E-state index in [0.29, 0.717) is 25.0 Å². The zero-order valence-corrected chi connectivity index (χ0v) is 12.8. The van der Waals surface area contributed by atoms with Crippen molar-refractivity contribution in [2.75, 3.05) is 12.0 Å². The van der Waals surface area contributed by atoms with Crippen LogP contribution in [0.3, 0.4) is 0 Å². The number of hydrogen-bond donors (Lipinski definition) is 1. The second kappa shape index (κ2) is 6.92. The van der Waals surface area contributed by atoms with Crippen LogP contribution in [-0.4, -0.2) is 41.1 Å². The number of carbonyl (C=O) groups excluding carboxylic acids is 2. The molecule has 6 heteroatoms. The first-order valence-corrected chi connectivity index (χ1v) is 7.84. The SMILES string of the molecule is CSCC[C@@H](N=CC1=C(O)CC(C)(C)CC1=O)C(=O)[O-]. The number of carboxylic acids is 1. The van der Waals surface area contributed by atoms with E-state index in [1.165, 1.54) is 18.0 Å². The number of carbonyl (C=O) groups is 2. The summed E-state index contributed by atoms with van der Waals surface area (Å²) in [4.78, 5) is 26.8. The summed E-state index contributed by atoms with van der Waals surface area (Å²) in [7, 11) is 0. The van der Waals surface area contributed by atoms with Gasteiger partial charge in [-0.1, -0.05) is 13.8 Å². The fourth-order valence-electron chi connectivity index (χ4n) is 2.10. The van der Waals surface area contributed by atoms with Crippen LogP contribution in [0.1, 0.15) is 33.1 Å². The predicted octanol–water partition coefficient (Wildman–Crippen LogP) is 1.13. The molecule has 0 saturated carbocycles. The number of allylic oxidation sites excluding steroid dienone is 2. The molecule has 1 N–H and O–H groups in total. The van der Waals surface area contributed by atoms with E-state index in [1.807, 2.05) is 20.1 Å². The van der Waals surface area contributed by atoms with E-state index in [9.17, 15) is 19.8 Å². The number of nitrogens with zero attached hydrogens (tertiary/aromatic N) is 1. The maximum absolute atomic E-state index is 11.9. The van der Waals surface area contributed by atoms with Crippen molar-refractivity contribution in [3.8, 4) is 0 Å². The number of aliphatic carboxylic acids is 1. The third-order valence-electron chi connectivity index (χ3n) is 3.15. The maximum Gasteiger partial charge on any atom is 0.168 e. The Morgan fingerprint density at radius 2 is 2.20 bits per heavy atom. The molecule has 0 unspecified atom stereocenters. The van der Waals surface area contributed by atoms with Gasteiger partial charge in [-0.2, -0.15) is 11.8 Å². The monoisotopic (exact) mass is 298 g/mol. The Bertz CT molecular complexity index is 454. The van der Waals surface area contributed by atoms with Crippen LogP contribution in [-0.2, 0) is 9.59 Å². The third kappa shape index (κ3) is 4.67. The average Bonchev–Trinajstić information content (AvgIpc) is 2.29. The molecule has 5 nitrogen and oxygen atoms in total. The summed E-state index contributed by atoms with van der Waals surface area (Å²) in [6.45, 7) is 3.80. The van der Waals surface area contributed by atoms with E-state index in [0.717, 1.165) is 0 Å². The normalized spacial score (nSPS) is 20.4. The summed E-state index contributed by atoms with van der Waals surface area (Å²) in [5, 5.41) is 20.8. The molecule has 0 heterocycles. The Labute approximate surface area is 123 Å². The summed E-state index contributed by atoms with van der Waals surface area (Å²) in [5.74, 6) is -0.845. The predicted molar refractivity (Wildman–Crippen MR) is 78.0 cm³/mol. The fourth-order valence-corrected chi connectivity index (χ4v) is 2.55. The van der Waals surface area contributed by atoms with E-state index in [-0.39, 0.29) is 22.5 Å². The lowest BCUT2D eigenvalue weighted by Crippen LogP contribution is -2.35. The molecule has 0 saturated heterocycles. The molecular formula is C14H20NO4S-. The van der Waals surface area contributed by atoms with Gasteiger partial charge in [0, 0.05) is 19.1 Å². The fraction of sp³-hybridized carbons (Fsp3) is 0.643. The van der Waals surface area contributed by atoms with Crippen molar-refractivity contribution in [2.24, 2.45) is 10.4 Å². The van der Waals surface area contributed by atoms with Gasteiger partial charge in [-0.15, -0.1) is 0 Å². The second-order valence-electron chi connectivity index (χ2n) is 5.70. The number of rotatable bonds is 6. The van der Waals surface area contributed by atoms with E-state index in [4.69, 9.17) is 0 Å².